The number of benzene rings is 1. The summed E-state index contributed by atoms with van der Waals surface area (Å²) in [6.07, 6.45) is 1.95. The van der Waals surface area contributed by atoms with Gasteiger partial charge in [0.15, 0.2) is 0 Å². The van der Waals surface area contributed by atoms with E-state index in [9.17, 15) is 19.3 Å². The predicted molar refractivity (Wildman–Crippen MR) is 71.0 cm³/mol. The second kappa shape index (κ2) is 6.42. The summed E-state index contributed by atoms with van der Waals surface area (Å²) in [4.78, 5) is 21.7. The minimum atomic E-state index is -0.873. The van der Waals surface area contributed by atoms with E-state index in [2.05, 4.69) is 10.6 Å². The van der Waals surface area contributed by atoms with E-state index < -0.39 is 16.6 Å². The number of amides is 1. The first-order valence-electron chi connectivity index (χ1n) is 6.51. The second-order valence-corrected chi connectivity index (χ2v) is 4.82. The second-order valence-electron chi connectivity index (χ2n) is 4.82. The molecular weight excluding hydrogens is 265 g/mol. The van der Waals surface area contributed by atoms with Crippen LogP contribution in [0.3, 0.4) is 0 Å². The Kier molecular flexibility index (Phi) is 4.62. The molecule has 0 aromatic heterocycles. The Hall–Kier alpha value is -2.02. The van der Waals surface area contributed by atoms with Gasteiger partial charge in [-0.3, -0.25) is 14.9 Å². The molecule has 1 aromatic carbocycles. The highest BCUT2D eigenvalue weighted by molar-refractivity contribution is 5.94. The van der Waals surface area contributed by atoms with Crippen LogP contribution in [0, 0.1) is 21.8 Å². The third kappa shape index (κ3) is 3.51. The largest absolute Gasteiger partial charge is 0.352 e. The summed E-state index contributed by atoms with van der Waals surface area (Å²) in [5.41, 5.74) is -0.526. The third-order valence-corrected chi connectivity index (χ3v) is 3.42. The molecule has 1 aromatic rings. The van der Waals surface area contributed by atoms with Crippen LogP contribution in [-0.2, 0) is 0 Å². The van der Waals surface area contributed by atoms with Crippen molar-refractivity contribution in [3.63, 3.8) is 0 Å². The molecule has 0 atom stereocenters. The number of nitrogens with zero attached hydrogens (tertiary/aromatic N) is 1. The Morgan fingerprint density at radius 3 is 2.75 bits per heavy atom. The molecule has 1 aliphatic heterocycles. The highest BCUT2D eigenvalue weighted by Crippen LogP contribution is 2.17. The lowest BCUT2D eigenvalue weighted by molar-refractivity contribution is -0.385. The Morgan fingerprint density at radius 1 is 1.45 bits per heavy atom. The number of nitrogens with one attached hydrogen (secondary N) is 2. The summed E-state index contributed by atoms with van der Waals surface area (Å²) >= 11 is 0. The maximum Gasteiger partial charge on any atom is 0.272 e. The molecule has 7 heteroatoms. The number of piperidine rings is 1. The van der Waals surface area contributed by atoms with E-state index in [0.717, 1.165) is 44.1 Å². The molecule has 0 bridgehead atoms. The van der Waals surface area contributed by atoms with Gasteiger partial charge in [0.05, 0.1) is 16.6 Å². The van der Waals surface area contributed by atoms with Gasteiger partial charge in [-0.25, -0.2) is 4.39 Å². The van der Waals surface area contributed by atoms with Gasteiger partial charge in [0, 0.05) is 12.6 Å². The topological polar surface area (TPSA) is 84.3 Å². The van der Waals surface area contributed by atoms with E-state index in [4.69, 9.17) is 0 Å². The van der Waals surface area contributed by atoms with E-state index in [1.165, 1.54) is 0 Å². The molecule has 1 heterocycles. The summed E-state index contributed by atoms with van der Waals surface area (Å²) in [6.45, 7) is 2.34. The van der Waals surface area contributed by atoms with Crippen molar-refractivity contribution in [1.82, 2.24) is 10.6 Å². The number of hydrogen-bond donors (Lipinski definition) is 2. The minimum Gasteiger partial charge on any atom is -0.352 e. The molecule has 2 rings (SSSR count). The molecule has 0 aliphatic carbocycles. The zero-order chi connectivity index (χ0) is 14.5. The molecule has 20 heavy (non-hydrogen) atoms. The lowest BCUT2D eigenvalue weighted by Crippen LogP contribution is -2.36. The molecule has 2 N–H and O–H groups in total. The van der Waals surface area contributed by atoms with Crippen LogP contribution in [0.25, 0.3) is 0 Å². The summed E-state index contributed by atoms with van der Waals surface area (Å²) < 4.78 is 13.7. The van der Waals surface area contributed by atoms with Crippen molar-refractivity contribution in [2.45, 2.75) is 12.8 Å². The van der Waals surface area contributed by atoms with Crippen molar-refractivity contribution >= 4 is 11.6 Å². The predicted octanol–water partition coefficient (Wildman–Crippen LogP) is 1.46. The van der Waals surface area contributed by atoms with E-state index in [0.29, 0.717) is 12.5 Å². The van der Waals surface area contributed by atoms with Crippen molar-refractivity contribution in [2.75, 3.05) is 19.6 Å². The normalized spacial score (nSPS) is 15.8. The van der Waals surface area contributed by atoms with Crippen molar-refractivity contribution in [2.24, 2.45) is 5.92 Å². The highest BCUT2D eigenvalue weighted by atomic mass is 19.1. The van der Waals surface area contributed by atoms with Crippen LogP contribution in [0.2, 0.25) is 0 Å². The quantitative estimate of drug-likeness (QED) is 0.646. The monoisotopic (exact) mass is 281 g/mol. The lowest BCUT2D eigenvalue weighted by Gasteiger charge is -2.22. The first kappa shape index (κ1) is 14.4. The van der Waals surface area contributed by atoms with Gasteiger partial charge < -0.3 is 10.6 Å². The van der Waals surface area contributed by atoms with Gasteiger partial charge in [0.1, 0.15) is 5.82 Å². The van der Waals surface area contributed by atoms with Gasteiger partial charge in [-0.15, -0.1) is 0 Å². The lowest BCUT2D eigenvalue weighted by atomic mass is 9.98. The van der Waals surface area contributed by atoms with Gasteiger partial charge >= 0.3 is 0 Å². The molecule has 1 saturated heterocycles. The average Bonchev–Trinajstić information content (AvgIpc) is 2.45. The van der Waals surface area contributed by atoms with Gasteiger partial charge in [-0.2, -0.15) is 0 Å². The zero-order valence-electron chi connectivity index (χ0n) is 10.9. The fourth-order valence-corrected chi connectivity index (χ4v) is 2.22. The number of nitro benzene ring substituents is 1. The van der Waals surface area contributed by atoms with Gasteiger partial charge in [-0.05, 0) is 37.9 Å². The Labute approximate surface area is 115 Å². The zero-order valence-corrected chi connectivity index (χ0v) is 10.9. The van der Waals surface area contributed by atoms with Crippen LogP contribution in [-0.4, -0.2) is 30.5 Å². The number of carbonyl (C=O) groups excluding carboxylic acids is 1. The average molecular weight is 281 g/mol. The van der Waals surface area contributed by atoms with Crippen LogP contribution in [0.1, 0.15) is 23.2 Å². The van der Waals surface area contributed by atoms with Crippen molar-refractivity contribution in [3.05, 3.63) is 39.7 Å². The Morgan fingerprint density at radius 2 is 2.15 bits per heavy atom. The third-order valence-electron chi connectivity index (χ3n) is 3.42. The number of nitro groups is 1. The van der Waals surface area contributed by atoms with Crippen LogP contribution in [0.4, 0.5) is 10.1 Å². The summed E-state index contributed by atoms with van der Waals surface area (Å²) in [5, 5.41) is 16.4. The molecule has 6 nitrogen and oxygen atoms in total. The molecular formula is C13H16FN3O3. The molecule has 108 valence electrons. The maximum absolute atomic E-state index is 13.7. The molecule has 0 radical (unpaired) electrons. The summed E-state index contributed by atoms with van der Waals surface area (Å²) in [5.74, 6) is -1.01. The van der Waals surface area contributed by atoms with E-state index >= 15 is 0 Å². The highest BCUT2D eigenvalue weighted by Gasteiger charge is 2.18. The summed E-state index contributed by atoms with van der Waals surface area (Å²) in [6, 6.07) is 3.03. The number of halogens is 1. The fraction of sp³-hybridized carbons (Fsp3) is 0.462. The number of non-ortho nitro benzene ring substituents is 1. The Bertz CT molecular complexity index is 516. The van der Waals surface area contributed by atoms with Crippen molar-refractivity contribution in [3.8, 4) is 0 Å². The van der Waals surface area contributed by atoms with Crippen molar-refractivity contribution in [1.29, 1.82) is 0 Å². The molecule has 0 saturated carbocycles. The van der Waals surface area contributed by atoms with Gasteiger partial charge in [0.2, 0.25) is 0 Å². The van der Waals surface area contributed by atoms with Crippen LogP contribution >= 0.6 is 0 Å². The smallest absolute Gasteiger partial charge is 0.272 e. The molecule has 0 spiro atoms. The molecule has 1 amide bonds. The minimum absolute atomic E-state index is 0.162. The maximum atomic E-state index is 13.7. The van der Waals surface area contributed by atoms with Crippen LogP contribution < -0.4 is 10.6 Å². The fourth-order valence-electron chi connectivity index (χ4n) is 2.22. The van der Waals surface area contributed by atoms with Gasteiger partial charge in [0.25, 0.3) is 11.6 Å². The summed E-state index contributed by atoms with van der Waals surface area (Å²) in [7, 11) is 0. The number of carbonyl (C=O) groups is 1. The van der Waals surface area contributed by atoms with Crippen molar-refractivity contribution < 1.29 is 14.1 Å². The standard InChI is InChI=1S/C13H16FN3O3/c14-12-7-10(17(19)20)1-2-11(12)13(18)16-8-9-3-5-15-6-4-9/h1-2,7,9,15H,3-6,8H2,(H,16,18). The van der Waals surface area contributed by atoms with Crippen LogP contribution in [0.5, 0.6) is 0 Å². The SMILES string of the molecule is O=C(NCC1CCNCC1)c1ccc([N+](=O)[O-])cc1F. The van der Waals surface area contributed by atoms with E-state index in [1.807, 2.05) is 0 Å². The van der Waals surface area contributed by atoms with E-state index in [1.54, 1.807) is 0 Å². The number of rotatable bonds is 4. The van der Waals surface area contributed by atoms with Gasteiger partial charge in [-0.1, -0.05) is 0 Å². The first-order valence-corrected chi connectivity index (χ1v) is 6.51. The number of hydrogen-bond acceptors (Lipinski definition) is 4. The van der Waals surface area contributed by atoms with E-state index in [-0.39, 0.29) is 11.3 Å². The molecule has 1 aliphatic rings. The Balaban J connectivity index is 1.96. The molecule has 1 fully saturated rings. The first-order chi connectivity index (χ1) is 9.58. The van der Waals surface area contributed by atoms with Crippen LogP contribution in [0.15, 0.2) is 18.2 Å². The molecule has 0 unspecified atom stereocenters.